The van der Waals surface area contributed by atoms with Crippen molar-refractivity contribution in [2.45, 2.75) is 75.4 Å². The van der Waals surface area contributed by atoms with E-state index < -0.39 is 67.4 Å². The number of hydrogen-bond donors (Lipinski definition) is 4. The number of aliphatic hydroxyl groups is 3. The van der Waals surface area contributed by atoms with Gasteiger partial charge in [0.2, 0.25) is 12.2 Å². The third-order valence-corrected chi connectivity index (χ3v) is 4.67. The second-order valence-corrected chi connectivity index (χ2v) is 6.58. The molecule has 0 radical (unpaired) electrons. The zero-order valence-electron chi connectivity index (χ0n) is 16.4. The minimum absolute atomic E-state index is 0.406. The molecule has 12 heteroatoms. The molecule has 2 fully saturated rings. The van der Waals surface area contributed by atoms with Crippen molar-refractivity contribution < 1.29 is 53.6 Å². The molecule has 0 aromatic heterocycles. The van der Waals surface area contributed by atoms with Crippen LogP contribution in [0.3, 0.4) is 0 Å². The summed E-state index contributed by atoms with van der Waals surface area (Å²) in [6, 6.07) is -0.913. The highest BCUT2D eigenvalue weighted by molar-refractivity contribution is 5.73. The van der Waals surface area contributed by atoms with E-state index in [4.69, 9.17) is 28.6 Å². The van der Waals surface area contributed by atoms with E-state index in [2.05, 4.69) is 10.2 Å². The van der Waals surface area contributed by atoms with Crippen LogP contribution in [0.25, 0.3) is 0 Å². The zero-order valence-corrected chi connectivity index (χ0v) is 16.4. The number of amides is 1. The molecular formula is C16H29NO11. The molecule has 2 heterocycles. The summed E-state index contributed by atoms with van der Waals surface area (Å²) in [4.78, 5) is 21.1. The second-order valence-electron chi connectivity index (χ2n) is 6.58. The summed E-state index contributed by atoms with van der Waals surface area (Å²) in [5.41, 5.74) is 0. The molecule has 0 bridgehead atoms. The second kappa shape index (κ2) is 10.2. The van der Waals surface area contributed by atoms with Gasteiger partial charge in [0.15, 0.2) is 12.6 Å². The van der Waals surface area contributed by atoms with Crippen molar-refractivity contribution in [3.8, 4) is 0 Å². The van der Waals surface area contributed by atoms with Crippen LogP contribution in [0.5, 0.6) is 0 Å². The minimum atomic E-state index is -1.54. The van der Waals surface area contributed by atoms with Gasteiger partial charge in [-0.15, -0.1) is 0 Å². The maximum absolute atomic E-state index is 11.6. The Balaban J connectivity index is 2.23. The molecule has 10 atom stereocenters. The van der Waals surface area contributed by atoms with Gasteiger partial charge in [0.25, 0.3) is 0 Å². The van der Waals surface area contributed by atoms with Crippen LogP contribution in [-0.2, 0) is 38.3 Å². The number of ether oxygens (including phenoxy) is 5. The summed E-state index contributed by atoms with van der Waals surface area (Å²) < 4.78 is 27.1. The molecule has 1 amide bonds. The fraction of sp³-hybridized carbons (Fsp3) is 0.938. The first-order chi connectivity index (χ1) is 13.2. The standard InChI is InChI=1S/C16H29NO11/c1-6-9(19)12(8(17-7(2)18)14(23-4)25-6)26-15-11(21)10(20)13(22-3)16(27-15)28-24-5/h6,8-16,19-21H,1-5H3,(H,17,18)/t6?,8?,9-,10?,11?,12?,13+,14?,15?,16?/m1/s1. The topological polar surface area (TPSA) is 154 Å². The van der Waals surface area contributed by atoms with E-state index in [0.29, 0.717) is 0 Å². The Morgan fingerprint density at radius 3 is 2.11 bits per heavy atom. The Morgan fingerprint density at radius 2 is 1.57 bits per heavy atom. The lowest BCUT2D eigenvalue weighted by Crippen LogP contribution is -2.67. The van der Waals surface area contributed by atoms with Gasteiger partial charge in [-0.2, -0.15) is 0 Å². The van der Waals surface area contributed by atoms with E-state index in [9.17, 15) is 20.1 Å². The molecule has 2 rings (SSSR count). The van der Waals surface area contributed by atoms with Crippen molar-refractivity contribution in [1.82, 2.24) is 5.32 Å². The van der Waals surface area contributed by atoms with Crippen LogP contribution in [0, 0.1) is 0 Å². The molecule has 0 saturated carbocycles. The van der Waals surface area contributed by atoms with Crippen LogP contribution in [0.4, 0.5) is 0 Å². The zero-order chi connectivity index (χ0) is 21.0. The summed E-state index contributed by atoms with van der Waals surface area (Å²) in [5, 5.41) is 33.8. The third kappa shape index (κ3) is 4.97. The number of carbonyl (C=O) groups excluding carboxylic acids is 1. The van der Waals surface area contributed by atoms with Gasteiger partial charge in [-0.1, -0.05) is 0 Å². The Kier molecular flexibility index (Phi) is 8.51. The van der Waals surface area contributed by atoms with Gasteiger partial charge < -0.3 is 44.3 Å². The first-order valence-corrected chi connectivity index (χ1v) is 8.77. The van der Waals surface area contributed by atoms with Crippen LogP contribution in [-0.4, -0.2) is 104 Å². The van der Waals surface area contributed by atoms with Gasteiger partial charge >= 0.3 is 0 Å². The molecule has 2 aliphatic heterocycles. The number of rotatable bonds is 7. The van der Waals surface area contributed by atoms with E-state index in [1.165, 1.54) is 28.3 Å². The SMILES string of the molecule is COOC1OC(OC2C(NC(C)=O)C(OC)OC(C)[C@H]2O)C(O)C(O)[C@@H]1OC. The first kappa shape index (κ1) is 23.3. The lowest BCUT2D eigenvalue weighted by Gasteiger charge is -2.47. The number of carbonyl (C=O) groups is 1. The summed E-state index contributed by atoms with van der Waals surface area (Å²) in [6.45, 7) is 2.89. The Hall–Kier alpha value is -0.930. The van der Waals surface area contributed by atoms with Crippen molar-refractivity contribution in [3.63, 3.8) is 0 Å². The molecule has 2 aliphatic rings. The van der Waals surface area contributed by atoms with Crippen LogP contribution in [0.2, 0.25) is 0 Å². The summed E-state index contributed by atoms with van der Waals surface area (Å²) in [7, 11) is 3.92. The number of nitrogens with one attached hydrogen (secondary N) is 1. The maximum Gasteiger partial charge on any atom is 0.222 e. The van der Waals surface area contributed by atoms with Crippen LogP contribution in [0.1, 0.15) is 13.8 Å². The van der Waals surface area contributed by atoms with Crippen molar-refractivity contribution in [3.05, 3.63) is 0 Å². The van der Waals surface area contributed by atoms with Crippen LogP contribution >= 0.6 is 0 Å². The largest absolute Gasteiger partial charge is 0.388 e. The average molecular weight is 411 g/mol. The van der Waals surface area contributed by atoms with E-state index in [-0.39, 0.29) is 0 Å². The third-order valence-electron chi connectivity index (χ3n) is 4.67. The summed E-state index contributed by atoms with van der Waals surface area (Å²) in [5.74, 6) is -0.406. The fourth-order valence-corrected chi connectivity index (χ4v) is 3.26. The minimum Gasteiger partial charge on any atom is -0.388 e. The van der Waals surface area contributed by atoms with Crippen molar-refractivity contribution >= 4 is 5.91 Å². The predicted molar refractivity (Wildman–Crippen MR) is 89.4 cm³/mol. The number of methoxy groups -OCH3 is 2. The molecule has 2 saturated heterocycles. The normalized spacial score (nSPS) is 44.3. The van der Waals surface area contributed by atoms with Gasteiger partial charge in [-0.25, -0.2) is 9.78 Å². The van der Waals surface area contributed by atoms with Gasteiger partial charge in [0, 0.05) is 21.1 Å². The van der Waals surface area contributed by atoms with Gasteiger partial charge in [0.1, 0.15) is 36.6 Å². The average Bonchev–Trinajstić information content (AvgIpc) is 2.65. The molecule has 0 spiro atoms. The van der Waals surface area contributed by atoms with Crippen molar-refractivity contribution in [1.29, 1.82) is 0 Å². The quantitative estimate of drug-likeness (QED) is 0.262. The molecule has 0 aromatic carbocycles. The smallest absolute Gasteiger partial charge is 0.222 e. The van der Waals surface area contributed by atoms with E-state index in [1.54, 1.807) is 6.92 Å². The molecule has 0 aliphatic carbocycles. The highest BCUT2D eigenvalue weighted by atomic mass is 17.2. The summed E-state index contributed by atoms with van der Waals surface area (Å²) >= 11 is 0. The van der Waals surface area contributed by atoms with Crippen LogP contribution < -0.4 is 5.32 Å². The van der Waals surface area contributed by atoms with E-state index >= 15 is 0 Å². The van der Waals surface area contributed by atoms with Crippen molar-refractivity contribution in [2.24, 2.45) is 0 Å². The Labute approximate surface area is 162 Å². The van der Waals surface area contributed by atoms with E-state index in [0.717, 1.165) is 0 Å². The molecular weight excluding hydrogens is 382 g/mol. The maximum atomic E-state index is 11.6. The van der Waals surface area contributed by atoms with E-state index in [1.807, 2.05) is 0 Å². The molecule has 4 N–H and O–H groups in total. The first-order valence-electron chi connectivity index (χ1n) is 8.77. The highest BCUT2D eigenvalue weighted by Gasteiger charge is 2.51. The Bertz CT molecular complexity index is 509. The van der Waals surface area contributed by atoms with Crippen LogP contribution in [0.15, 0.2) is 0 Å². The molecule has 0 aromatic rings. The lowest BCUT2D eigenvalue weighted by molar-refractivity contribution is -0.444. The van der Waals surface area contributed by atoms with Gasteiger partial charge in [-0.05, 0) is 6.92 Å². The predicted octanol–water partition coefficient (Wildman–Crippen LogP) is -2.37. The molecule has 12 nitrogen and oxygen atoms in total. The molecule has 8 unspecified atom stereocenters. The lowest BCUT2D eigenvalue weighted by atomic mass is 9.96. The fourth-order valence-electron chi connectivity index (χ4n) is 3.26. The number of aliphatic hydroxyl groups excluding tert-OH is 3. The monoisotopic (exact) mass is 411 g/mol. The highest BCUT2D eigenvalue weighted by Crippen LogP contribution is 2.30. The summed E-state index contributed by atoms with van der Waals surface area (Å²) in [6.07, 6.45) is -10.6. The van der Waals surface area contributed by atoms with Gasteiger partial charge in [0.05, 0.1) is 13.2 Å². The Morgan fingerprint density at radius 1 is 0.893 bits per heavy atom. The van der Waals surface area contributed by atoms with Crippen molar-refractivity contribution in [2.75, 3.05) is 21.3 Å². The number of hydrogen-bond acceptors (Lipinski definition) is 11. The molecule has 164 valence electrons. The van der Waals surface area contributed by atoms with Gasteiger partial charge in [-0.3, -0.25) is 4.79 Å². The molecule has 28 heavy (non-hydrogen) atoms.